The summed E-state index contributed by atoms with van der Waals surface area (Å²) in [6.45, 7) is 3.78. The molecule has 3 rings (SSSR count). The molecule has 2 aromatic heterocycles. The summed E-state index contributed by atoms with van der Waals surface area (Å²) in [6, 6.07) is 3.94. The maximum absolute atomic E-state index is 12.3. The van der Waals surface area contributed by atoms with Crippen LogP contribution in [0.2, 0.25) is 5.15 Å². The highest BCUT2D eigenvalue weighted by Crippen LogP contribution is 2.39. The Morgan fingerprint density at radius 3 is 2.95 bits per heavy atom. The number of nitrogens with one attached hydrogen (secondary N) is 1. The molecule has 1 N–H and O–H groups in total. The molecule has 0 unspecified atom stereocenters. The number of nitrogens with zero attached hydrogens (tertiary/aromatic N) is 4. The van der Waals surface area contributed by atoms with Crippen molar-refractivity contribution in [2.75, 3.05) is 5.32 Å². The van der Waals surface area contributed by atoms with E-state index in [9.17, 15) is 4.79 Å². The molecule has 1 aliphatic rings. The second-order valence-corrected chi connectivity index (χ2v) is 6.89. The SMILES string of the molecule is Cc1nnc(S[C@@H](C)C(=O)Nc2cccnc2Cl)n1C1CC1. The van der Waals surface area contributed by atoms with Crippen LogP contribution in [0.25, 0.3) is 0 Å². The fraction of sp³-hybridized carbons (Fsp3) is 0.429. The molecular weight excluding hydrogens is 322 g/mol. The number of aromatic nitrogens is 4. The average Bonchev–Trinajstić information content (AvgIpc) is 3.26. The van der Waals surface area contributed by atoms with E-state index in [4.69, 9.17) is 11.6 Å². The van der Waals surface area contributed by atoms with Crippen molar-refractivity contribution < 1.29 is 4.79 Å². The molecule has 0 saturated heterocycles. The van der Waals surface area contributed by atoms with Gasteiger partial charge in [-0.05, 0) is 38.8 Å². The van der Waals surface area contributed by atoms with Gasteiger partial charge in [-0.25, -0.2) is 4.98 Å². The lowest BCUT2D eigenvalue weighted by Crippen LogP contribution is -2.23. The molecule has 0 radical (unpaired) electrons. The first-order chi connectivity index (χ1) is 10.6. The molecular formula is C14H16ClN5OS. The number of carbonyl (C=O) groups is 1. The van der Waals surface area contributed by atoms with Crippen molar-refractivity contribution in [2.24, 2.45) is 0 Å². The monoisotopic (exact) mass is 337 g/mol. The highest BCUT2D eigenvalue weighted by molar-refractivity contribution is 8.00. The first-order valence-electron chi connectivity index (χ1n) is 7.06. The van der Waals surface area contributed by atoms with Crippen LogP contribution in [-0.4, -0.2) is 30.9 Å². The largest absolute Gasteiger partial charge is 0.322 e. The van der Waals surface area contributed by atoms with Gasteiger partial charge in [0.2, 0.25) is 5.91 Å². The number of thioether (sulfide) groups is 1. The maximum Gasteiger partial charge on any atom is 0.237 e. The number of hydrogen-bond donors (Lipinski definition) is 1. The van der Waals surface area contributed by atoms with E-state index < -0.39 is 0 Å². The Morgan fingerprint density at radius 1 is 1.50 bits per heavy atom. The van der Waals surface area contributed by atoms with E-state index in [2.05, 4.69) is 25.1 Å². The second kappa shape index (κ2) is 6.26. The molecule has 1 fully saturated rings. The Balaban J connectivity index is 1.68. The summed E-state index contributed by atoms with van der Waals surface area (Å²) in [5.41, 5.74) is 0.515. The molecule has 116 valence electrons. The third-order valence-corrected chi connectivity index (χ3v) is 4.77. The van der Waals surface area contributed by atoms with Gasteiger partial charge in [0.1, 0.15) is 5.82 Å². The van der Waals surface area contributed by atoms with Gasteiger partial charge in [-0.2, -0.15) is 0 Å². The molecule has 0 aliphatic heterocycles. The molecule has 0 aromatic carbocycles. The van der Waals surface area contributed by atoms with Gasteiger partial charge >= 0.3 is 0 Å². The zero-order valence-electron chi connectivity index (χ0n) is 12.3. The number of carbonyl (C=O) groups excluding carboxylic acids is 1. The molecule has 0 spiro atoms. The van der Waals surface area contributed by atoms with E-state index in [0.717, 1.165) is 23.8 Å². The molecule has 1 atom stereocenters. The Morgan fingerprint density at radius 2 is 2.27 bits per heavy atom. The Bertz CT molecular complexity index is 700. The summed E-state index contributed by atoms with van der Waals surface area (Å²) >= 11 is 7.36. The standard InChI is InChI=1S/C14H16ClN5OS/c1-8(13(21)17-11-4-3-7-16-12(11)15)22-14-19-18-9(2)20(14)10-5-6-10/h3-4,7-8,10H,5-6H2,1-2H3,(H,17,21)/t8-/m0/s1. The van der Waals surface area contributed by atoms with Crippen molar-refractivity contribution in [3.05, 3.63) is 29.3 Å². The van der Waals surface area contributed by atoms with Crippen LogP contribution in [0.1, 0.15) is 31.6 Å². The smallest absolute Gasteiger partial charge is 0.237 e. The van der Waals surface area contributed by atoms with E-state index in [1.807, 2.05) is 13.8 Å². The van der Waals surface area contributed by atoms with Crippen molar-refractivity contribution in [3.63, 3.8) is 0 Å². The highest BCUT2D eigenvalue weighted by Gasteiger charge is 2.29. The summed E-state index contributed by atoms with van der Waals surface area (Å²) in [5, 5.41) is 11.9. The van der Waals surface area contributed by atoms with Gasteiger partial charge in [-0.3, -0.25) is 4.79 Å². The summed E-state index contributed by atoms with van der Waals surface area (Å²) in [7, 11) is 0. The van der Waals surface area contributed by atoms with Crippen LogP contribution in [0.3, 0.4) is 0 Å². The van der Waals surface area contributed by atoms with Crippen LogP contribution in [-0.2, 0) is 4.79 Å². The zero-order chi connectivity index (χ0) is 15.7. The van der Waals surface area contributed by atoms with E-state index in [1.54, 1.807) is 18.3 Å². The van der Waals surface area contributed by atoms with Crippen molar-refractivity contribution in [2.45, 2.75) is 43.1 Å². The van der Waals surface area contributed by atoms with Gasteiger partial charge in [0, 0.05) is 12.2 Å². The van der Waals surface area contributed by atoms with Gasteiger partial charge in [-0.15, -0.1) is 10.2 Å². The summed E-state index contributed by atoms with van der Waals surface area (Å²) in [4.78, 5) is 16.2. The lowest BCUT2D eigenvalue weighted by Gasteiger charge is -2.13. The third-order valence-electron chi connectivity index (χ3n) is 3.42. The van der Waals surface area contributed by atoms with Gasteiger partial charge in [0.05, 0.1) is 10.9 Å². The van der Waals surface area contributed by atoms with E-state index in [1.165, 1.54) is 11.8 Å². The number of aryl methyl sites for hydroxylation is 1. The van der Waals surface area contributed by atoms with Crippen LogP contribution < -0.4 is 5.32 Å². The maximum atomic E-state index is 12.3. The van der Waals surface area contributed by atoms with Crippen molar-refractivity contribution >= 4 is 35.0 Å². The van der Waals surface area contributed by atoms with Crippen molar-refractivity contribution in [1.82, 2.24) is 19.7 Å². The number of anilines is 1. The number of hydrogen-bond acceptors (Lipinski definition) is 5. The Hall–Kier alpha value is -1.60. The number of rotatable bonds is 5. The number of amides is 1. The number of halogens is 1. The minimum atomic E-state index is -0.308. The van der Waals surface area contributed by atoms with Gasteiger partial charge in [0.15, 0.2) is 10.3 Å². The van der Waals surface area contributed by atoms with Crippen LogP contribution in [0.5, 0.6) is 0 Å². The van der Waals surface area contributed by atoms with Crippen LogP contribution >= 0.6 is 23.4 Å². The van der Waals surface area contributed by atoms with Crippen molar-refractivity contribution in [3.8, 4) is 0 Å². The lowest BCUT2D eigenvalue weighted by molar-refractivity contribution is -0.115. The Kier molecular flexibility index (Phi) is 4.35. The van der Waals surface area contributed by atoms with Gasteiger partial charge in [0.25, 0.3) is 0 Å². The normalized spacial score (nSPS) is 15.6. The molecule has 0 bridgehead atoms. The minimum absolute atomic E-state index is 0.136. The predicted octanol–water partition coefficient (Wildman–Crippen LogP) is 3.09. The zero-order valence-corrected chi connectivity index (χ0v) is 13.9. The average molecular weight is 338 g/mol. The minimum Gasteiger partial charge on any atom is -0.322 e. The van der Waals surface area contributed by atoms with Crippen LogP contribution in [0, 0.1) is 6.92 Å². The first-order valence-corrected chi connectivity index (χ1v) is 8.31. The first kappa shape index (κ1) is 15.3. The van der Waals surface area contributed by atoms with Crippen molar-refractivity contribution in [1.29, 1.82) is 0 Å². The van der Waals surface area contributed by atoms with Crippen LogP contribution in [0.4, 0.5) is 5.69 Å². The van der Waals surface area contributed by atoms with Gasteiger partial charge < -0.3 is 9.88 Å². The molecule has 2 aromatic rings. The molecule has 22 heavy (non-hydrogen) atoms. The fourth-order valence-corrected chi connectivity index (χ4v) is 3.24. The number of pyridine rings is 1. The molecule has 1 aliphatic carbocycles. The predicted molar refractivity (Wildman–Crippen MR) is 86.2 cm³/mol. The fourth-order valence-electron chi connectivity index (χ4n) is 2.11. The highest BCUT2D eigenvalue weighted by atomic mass is 35.5. The Labute approximate surface area is 137 Å². The lowest BCUT2D eigenvalue weighted by atomic mass is 10.4. The summed E-state index contributed by atoms with van der Waals surface area (Å²) in [5.74, 6) is 0.760. The van der Waals surface area contributed by atoms with Gasteiger partial charge in [-0.1, -0.05) is 23.4 Å². The molecule has 1 amide bonds. The molecule has 6 nitrogen and oxygen atoms in total. The third kappa shape index (κ3) is 3.25. The van der Waals surface area contributed by atoms with E-state index in [0.29, 0.717) is 11.7 Å². The van der Waals surface area contributed by atoms with E-state index >= 15 is 0 Å². The second-order valence-electron chi connectivity index (χ2n) is 5.22. The molecule has 8 heteroatoms. The topological polar surface area (TPSA) is 72.7 Å². The van der Waals surface area contributed by atoms with Crippen LogP contribution in [0.15, 0.2) is 23.5 Å². The quantitative estimate of drug-likeness (QED) is 0.670. The molecule has 2 heterocycles. The van der Waals surface area contributed by atoms with E-state index in [-0.39, 0.29) is 16.3 Å². The molecule has 1 saturated carbocycles. The summed E-state index contributed by atoms with van der Waals surface area (Å²) in [6.07, 6.45) is 3.88. The summed E-state index contributed by atoms with van der Waals surface area (Å²) < 4.78 is 2.12.